The first-order chi connectivity index (χ1) is 14.6. The van der Waals surface area contributed by atoms with Crippen molar-refractivity contribution in [3.05, 3.63) is 0 Å². The number of carbonyl (C=O) groups is 4. The van der Waals surface area contributed by atoms with Crippen LogP contribution >= 0.6 is 12.6 Å². The molecule has 0 radical (unpaired) electrons. The molecule has 1 aliphatic rings. The van der Waals surface area contributed by atoms with Gasteiger partial charge in [-0.3, -0.25) is 14.4 Å². The Hall–Kier alpha value is -1.85. The number of hydrogen-bond acceptors (Lipinski definition) is 7. The monoisotopic (exact) mass is 459 g/mol. The molecule has 0 spiro atoms. The van der Waals surface area contributed by atoms with Gasteiger partial charge < -0.3 is 32.1 Å². The molecular formula is C20H37N5O5S. The Morgan fingerprint density at radius 1 is 1.16 bits per heavy atom. The van der Waals surface area contributed by atoms with Crippen LogP contribution in [-0.2, 0) is 19.2 Å². The number of nitrogens with zero attached hydrogens (tertiary/aromatic N) is 1. The maximum atomic E-state index is 13.0. The SMILES string of the molecule is CC(C)CC(N)C(=O)NC(CS)C(=O)N1CCCC1C(=O)NC(CCCCN)C(=O)O. The van der Waals surface area contributed by atoms with Crippen LogP contribution in [0.3, 0.4) is 0 Å². The first-order valence-electron chi connectivity index (χ1n) is 10.8. The van der Waals surface area contributed by atoms with E-state index in [1.54, 1.807) is 0 Å². The third-order valence-corrected chi connectivity index (χ3v) is 5.62. The number of likely N-dealkylation sites (tertiary alicyclic amines) is 1. The highest BCUT2D eigenvalue weighted by atomic mass is 32.1. The van der Waals surface area contributed by atoms with Gasteiger partial charge in [0.1, 0.15) is 18.1 Å². The van der Waals surface area contributed by atoms with E-state index in [1.807, 2.05) is 13.8 Å². The van der Waals surface area contributed by atoms with Crippen molar-refractivity contribution in [3.63, 3.8) is 0 Å². The van der Waals surface area contributed by atoms with E-state index in [2.05, 4.69) is 23.3 Å². The molecule has 0 aromatic heterocycles. The summed E-state index contributed by atoms with van der Waals surface area (Å²) in [5, 5.41) is 14.6. The number of nitrogens with one attached hydrogen (secondary N) is 2. The lowest BCUT2D eigenvalue weighted by Crippen LogP contribution is -2.57. The molecule has 0 aliphatic carbocycles. The Morgan fingerprint density at radius 3 is 2.39 bits per heavy atom. The average molecular weight is 460 g/mol. The van der Waals surface area contributed by atoms with Gasteiger partial charge in [-0.05, 0) is 51.0 Å². The summed E-state index contributed by atoms with van der Waals surface area (Å²) in [6.45, 7) is 4.69. The largest absolute Gasteiger partial charge is 0.480 e. The fraction of sp³-hybridized carbons (Fsp3) is 0.800. The van der Waals surface area contributed by atoms with E-state index in [-0.39, 0.29) is 18.1 Å². The minimum absolute atomic E-state index is 0.0562. The summed E-state index contributed by atoms with van der Waals surface area (Å²) < 4.78 is 0. The zero-order valence-electron chi connectivity index (χ0n) is 18.4. The summed E-state index contributed by atoms with van der Waals surface area (Å²) in [6, 6.07) is -3.47. The first kappa shape index (κ1) is 27.2. The van der Waals surface area contributed by atoms with Crippen LogP contribution in [-0.4, -0.2) is 76.7 Å². The van der Waals surface area contributed by atoms with Crippen molar-refractivity contribution in [2.24, 2.45) is 17.4 Å². The summed E-state index contributed by atoms with van der Waals surface area (Å²) in [4.78, 5) is 51.0. The van der Waals surface area contributed by atoms with Gasteiger partial charge >= 0.3 is 5.97 Å². The van der Waals surface area contributed by atoms with Gasteiger partial charge in [0.2, 0.25) is 17.7 Å². The topological polar surface area (TPSA) is 168 Å². The van der Waals surface area contributed by atoms with Crippen molar-refractivity contribution < 1.29 is 24.3 Å². The molecule has 10 nitrogen and oxygen atoms in total. The van der Waals surface area contributed by atoms with Crippen LogP contribution in [0, 0.1) is 5.92 Å². The van der Waals surface area contributed by atoms with E-state index in [9.17, 15) is 24.3 Å². The highest BCUT2D eigenvalue weighted by Crippen LogP contribution is 2.19. The number of hydrogen-bond donors (Lipinski definition) is 6. The average Bonchev–Trinajstić information content (AvgIpc) is 3.19. The predicted octanol–water partition coefficient (Wildman–Crippen LogP) is -0.536. The van der Waals surface area contributed by atoms with Gasteiger partial charge in [0.15, 0.2) is 0 Å². The number of unbranched alkanes of at least 4 members (excludes halogenated alkanes) is 1. The summed E-state index contributed by atoms with van der Waals surface area (Å²) >= 11 is 4.18. The van der Waals surface area contributed by atoms with Crippen molar-refractivity contribution in [3.8, 4) is 0 Å². The van der Waals surface area contributed by atoms with Crippen molar-refractivity contribution in [1.82, 2.24) is 15.5 Å². The molecule has 0 saturated carbocycles. The normalized spacial score (nSPS) is 19.0. The summed E-state index contributed by atoms with van der Waals surface area (Å²) in [5.74, 6) is -2.21. The molecule has 4 atom stereocenters. The van der Waals surface area contributed by atoms with Gasteiger partial charge in [0.25, 0.3) is 0 Å². The Balaban J connectivity index is 2.78. The van der Waals surface area contributed by atoms with E-state index in [0.29, 0.717) is 45.2 Å². The van der Waals surface area contributed by atoms with Gasteiger partial charge in [0, 0.05) is 12.3 Å². The molecule has 1 heterocycles. The van der Waals surface area contributed by atoms with Crippen LogP contribution in [0.25, 0.3) is 0 Å². The van der Waals surface area contributed by atoms with Crippen LogP contribution in [0.4, 0.5) is 0 Å². The molecule has 1 fully saturated rings. The van der Waals surface area contributed by atoms with Crippen LogP contribution in [0.5, 0.6) is 0 Å². The fourth-order valence-electron chi connectivity index (χ4n) is 3.60. The van der Waals surface area contributed by atoms with E-state index >= 15 is 0 Å². The molecular weight excluding hydrogens is 422 g/mol. The number of carboxylic acids is 1. The van der Waals surface area contributed by atoms with Crippen LogP contribution in [0.2, 0.25) is 0 Å². The molecule has 3 amide bonds. The van der Waals surface area contributed by atoms with Crippen LogP contribution < -0.4 is 22.1 Å². The molecule has 1 saturated heterocycles. The van der Waals surface area contributed by atoms with Gasteiger partial charge in [-0.1, -0.05) is 13.8 Å². The minimum atomic E-state index is -1.12. The van der Waals surface area contributed by atoms with E-state index in [4.69, 9.17) is 11.5 Å². The van der Waals surface area contributed by atoms with E-state index in [1.165, 1.54) is 4.90 Å². The number of thiol groups is 1. The highest BCUT2D eigenvalue weighted by Gasteiger charge is 2.38. The van der Waals surface area contributed by atoms with Gasteiger partial charge in [-0.2, -0.15) is 12.6 Å². The Bertz CT molecular complexity index is 633. The minimum Gasteiger partial charge on any atom is -0.480 e. The number of aliphatic carboxylic acids is 1. The van der Waals surface area contributed by atoms with Gasteiger partial charge in [-0.25, -0.2) is 4.79 Å². The van der Waals surface area contributed by atoms with Gasteiger partial charge in [-0.15, -0.1) is 0 Å². The molecule has 1 aliphatic heterocycles. The molecule has 0 bridgehead atoms. The highest BCUT2D eigenvalue weighted by molar-refractivity contribution is 7.80. The number of nitrogens with two attached hydrogens (primary N) is 2. The third kappa shape index (κ3) is 8.66. The lowest BCUT2D eigenvalue weighted by Gasteiger charge is -2.29. The number of rotatable bonds is 13. The van der Waals surface area contributed by atoms with E-state index in [0.717, 1.165) is 0 Å². The Morgan fingerprint density at radius 2 is 1.84 bits per heavy atom. The molecule has 0 aromatic rings. The zero-order chi connectivity index (χ0) is 23.6. The lowest BCUT2D eigenvalue weighted by molar-refractivity contribution is -0.144. The van der Waals surface area contributed by atoms with Crippen molar-refractivity contribution in [2.45, 2.75) is 76.5 Å². The second kappa shape index (κ2) is 13.5. The van der Waals surface area contributed by atoms with E-state index < -0.39 is 47.9 Å². The summed E-state index contributed by atoms with van der Waals surface area (Å²) in [6.07, 6.45) is 3.01. The number of amides is 3. The molecule has 11 heteroatoms. The van der Waals surface area contributed by atoms with Crippen molar-refractivity contribution >= 4 is 36.3 Å². The maximum absolute atomic E-state index is 13.0. The number of carbonyl (C=O) groups excluding carboxylic acids is 3. The second-order valence-electron chi connectivity index (χ2n) is 8.35. The Labute approximate surface area is 189 Å². The fourth-order valence-corrected chi connectivity index (χ4v) is 3.85. The molecule has 0 aromatic carbocycles. The number of carboxylic acid groups (broad SMARTS) is 1. The lowest BCUT2D eigenvalue weighted by atomic mass is 10.0. The summed E-state index contributed by atoms with van der Waals surface area (Å²) in [7, 11) is 0. The summed E-state index contributed by atoms with van der Waals surface area (Å²) in [5.41, 5.74) is 11.3. The standard InChI is InChI=1S/C20H37N5O5S/c1-12(2)10-13(22)17(26)24-15(11-31)19(28)25-9-5-7-16(25)18(27)23-14(20(29)30)6-3-4-8-21/h12-16,31H,3-11,21-22H2,1-2H3,(H,23,27)(H,24,26)(H,29,30). The quantitative estimate of drug-likeness (QED) is 0.159. The molecule has 7 N–H and O–H groups in total. The zero-order valence-corrected chi connectivity index (χ0v) is 19.3. The third-order valence-electron chi connectivity index (χ3n) is 5.26. The van der Waals surface area contributed by atoms with Crippen molar-refractivity contribution in [2.75, 3.05) is 18.8 Å². The van der Waals surface area contributed by atoms with Gasteiger partial charge in [0.05, 0.1) is 6.04 Å². The first-order valence-corrected chi connectivity index (χ1v) is 11.5. The predicted molar refractivity (Wildman–Crippen MR) is 120 cm³/mol. The molecule has 31 heavy (non-hydrogen) atoms. The smallest absolute Gasteiger partial charge is 0.326 e. The molecule has 178 valence electrons. The van der Waals surface area contributed by atoms with Crippen molar-refractivity contribution in [1.29, 1.82) is 0 Å². The second-order valence-corrected chi connectivity index (χ2v) is 8.72. The molecule has 1 rings (SSSR count). The maximum Gasteiger partial charge on any atom is 0.326 e. The van der Waals surface area contributed by atoms with Crippen LogP contribution in [0.15, 0.2) is 0 Å². The Kier molecular flexibility index (Phi) is 11.9. The molecule has 4 unspecified atom stereocenters. The van der Waals surface area contributed by atoms with Crippen LogP contribution in [0.1, 0.15) is 52.4 Å².